The number of nitrogens with one attached hydrogen (secondary N) is 1. The molecule has 22 atom stereocenters. The van der Waals surface area contributed by atoms with Gasteiger partial charge in [-0.3, -0.25) is 14.9 Å². The van der Waals surface area contributed by atoms with E-state index in [-0.39, 0.29) is 54.6 Å². The third-order valence-corrected chi connectivity index (χ3v) is 24.6. The first kappa shape index (κ1) is 49.9. The van der Waals surface area contributed by atoms with Gasteiger partial charge in [0.1, 0.15) is 24.1 Å². The van der Waals surface area contributed by atoms with Crippen LogP contribution < -0.4 is 5.32 Å². The number of cyclic esters (lactones) is 1. The van der Waals surface area contributed by atoms with E-state index in [1.165, 1.54) is 5.56 Å². The number of Topliss-reactive ketones (excluding diaryl/α,β-unsaturated/α-hetero) is 1. The number of epoxide rings is 1. The van der Waals surface area contributed by atoms with E-state index >= 15 is 9.59 Å². The Morgan fingerprint density at radius 1 is 0.935 bits per heavy atom. The van der Waals surface area contributed by atoms with E-state index in [2.05, 4.69) is 65.5 Å². The number of aliphatic hydroxyl groups excluding tert-OH is 4. The second-order valence-electron chi connectivity index (χ2n) is 27.8. The van der Waals surface area contributed by atoms with Gasteiger partial charge < -0.3 is 48.7 Å². The van der Waals surface area contributed by atoms with Gasteiger partial charge in [-0.15, -0.1) is 0 Å². The van der Waals surface area contributed by atoms with E-state index in [0.29, 0.717) is 81.4 Å². The molecule has 6 aliphatic heterocycles. The summed E-state index contributed by atoms with van der Waals surface area (Å²) < 4.78 is 35.6. The van der Waals surface area contributed by atoms with Gasteiger partial charge in [0.05, 0.1) is 54.6 Å². The van der Waals surface area contributed by atoms with E-state index in [1.54, 1.807) is 0 Å². The Morgan fingerprint density at radius 3 is 2.58 bits per heavy atom. The second-order valence-corrected chi connectivity index (χ2v) is 27.8. The van der Waals surface area contributed by atoms with E-state index in [0.717, 1.165) is 62.9 Å². The Labute approximate surface area is 451 Å². The lowest BCUT2D eigenvalue weighted by Crippen LogP contribution is -2.82. The van der Waals surface area contributed by atoms with Crippen LogP contribution in [-0.4, -0.2) is 118 Å². The summed E-state index contributed by atoms with van der Waals surface area (Å²) in [5.74, 6) is 5.28. The van der Waals surface area contributed by atoms with E-state index in [4.69, 9.17) is 23.4 Å². The number of benzene rings is 1. The van der Waals surface area contributed by atoms with Gasteiger partial charge in [-0.1, -0.05) is 55.2 Å². The molecule has 0 radical (unpaired) electrons. The summed E-state index contributed by atoms with van der Waals surface area (Å²) in [4.78, 5) is 49.4. The van der Waals surface area contributed by atoms with Crippen molar-refractivity contribution in [1.82, 2.24) is 10.2 Å². The highest BCUT2D eigenvalue weighted by atomic mass is 16.7. The topological polar surface area (TPSA) is 201 Å². The van der Waals surface area contributed by atoms with Crippen LogP contribution in [0.5, 0.6) is 0 Å². The molecule has 412 valence electrons. The molecule has 14 nitrogen and oxygen atoms in total. The molecule has 5 spiro atoms. The average Bonchev–Trinajstić information content (AvgIpc) is 2.56. The van der Waals surface area contributed by atoms with Crippen LogP contribution in [0.2, 0.25) is 0 Å². The van der Waals surface area contributed by atoms with Gasteiger partial charge in [-0.2, -0.15) is 0 Å². The van der Waals surface area contributed by atoms with Crippen molar-refractivity contribution >= 4 is 17.7 Å². The van der Waals surface area contributed by atoms with Crippen LogP contribution in [0.3, 0.4) is 0 Å². The smallest absolute Gasteiger partial charge is 0.339 e. The zero-order valence-corrected chi connectivity index (χ0v) is 45.0. The number of carbonyl (C=O) groups excluding carboxylic acids is 3. The van der Waals surface area contributed by atoms with Gasteiger partial charge in [0.15, 0.2) is 17.5 Å². The predicted molar refractivity (Wildman–Crippen MR) is 277 cm³/mol. The van der Waals surface area contributed by atoms with Gasteiger partial charge in [0.25, 0.3) is 0 Å². The van der Waals surface area contributed by atoms with Crippen LogP contribution in [0.25, 0.3) is 0 Å². The van der Waals surface area contributed by atoms with Crippen molar-refractivity contribution in [3.05, 3.63) is 71.3 Å². The van der Waals surface area contributed by atoms with Crippen molar-refractivity contribution < 1.29 is 58.2 Å². The Balaban J connectivity index is 0.914. The normalized spacial score (nSPS) is 48.7. The lowest BCUT2D eigenvalue weighted by atomic mass is 9.30. The molecule has 2 aromatic rings. The van der Waals surface area contributed by atoms with Crippen molar-refractivity contribution in [2.24, 2.45) is 86.8 Å². The third-order valence-electron chi connectivity index (χ3n) is 24.6. The molecular weight excluding hydrogens is 977 g/mol. The molecule has 1 aromatic carbocycles. The molecule has 77 heavy (non-hydrogen) atoms. The molecule has 13 aliphatic rings. The minimum atomic E-state index is -1.59. The number of furan rings is 1. The summed E-state index contributed by atoms with van der Waals surface area (Å²) in [6.45, 7) is 7.36. The molecule has 10 fully saturated rings. The highest BCUT2D eigenvalue weighted by molar-refractivity contribution is 5.93. The Morgan fingerprint density at radius 2 is 1.78 bits per heavy atom. The Bertz CT molecular complexity index is 2870. The zero-order chi connectivity index (χ0) is 52.8. The van der Waals surface area contributed by atoms with Gasteiger partial charge in [-0.05, 0) is 168 Å². The van der Waals surface area contributed by atoms with Crippen LogP contribution in [0, 0.1) is 98.6 Å². The molecule has 5 saturated carbocycles. The second kappa shape index (κ2) is 17.0. The summed E-state index contributed by atoms with van der Waals surface area (Å²) in [5.41, 5.74) is -5.82. The molecule has 22 unspecified atom stereocenters. The molecule has 5 saturated heterocycles. The lowest BCUT2D eigenvalue weighted by Gasteiger charge is -2.72. The summed E-state index contributed by atoms with van der Waals surface area (Å²) in [7, 11) is 0. The monoisotopic (exact) mass is 1050 g/mol. The first-order chi connectivity index (χ1) is 37.1. The number of hydrogen-bond donors (Lipinski definition) is 5. The van der Waals surface area contributed by atoms with Gasteiger partial charge in [0, 0.05) is 53.3 Å². The van der Waals surface area contributed by atoms with Gasteiger partial charge >= 0.3 is 11.9 Å². The van der Waals surface area contributed by atoms with Gasteiger partial charge in [-0.25, -0.2) is 4.79 Å². The summed E-state index contributed by atoms with van der Waals surface area (Å²) in [5, 5.41) is 51.2. The van der Waals surface area contributed by atoms with Crippen LogP contribution in [-0.2, 0) is 58.2 Å². The van der Waals surface area contributed by atoms with Crippen LogP contribution >= 0.6 is 0 Å². The zero-order valence-electron chi connectivity index (χ0n) is 45.0. The van der Waals surface area contributed by atoms with Crippen LogP contribution in [0.4, 0.5) is 0 Å². The maximum atomic E-state index is 16.5. The molecule has 1 aromatic heterocycles. The average molecular weight is 1060 g/mol. The van der Waals surface area contributed by atoms with E-state index in [1.807, 2.05) is 26.2 Å². The number of aliphatic hydroxyl groups is 4. The van der Waals surface area contributed by atoms with Crippen molar-refractivity contribution in [2.75, 3.05) is 33.0 Å². The SMILES string of the molecule is CC1(C)OC2C3(CCC(CO)C3)C(=O)OCC23C1C(=O)C(O)C12C4CC(Cc5ccccc5)CCC4C#CC4CCc5coc(CC(C(O)CO)C6CCC7C(C=CN8CNCC78)C6)c5C45OC(=O)C4OC41C5(C)CCC32. The van der Waals surface area contributed by atoms with Gasteiger partial charge in [0.2, 0.25) is 0 Å². The van der Waals surface area contributed by atoms with Crippen molar-refractivity contribution in [3.8, 4) is 11.8 Å². The number of fused-ring (bicyclic) bond motifs is 6. The van der Waals surface area contributed by atoms with E-state index in [9.17, 15) is 25.2 Å². The number of allylic oxidation sites excluding steroid dienone is 1. The molecule has 5 N–H and O–H groups in total. The Hall–Kier alpha value is -4.07. The summed E-state index contributed by atoms with van der Waals surface area (Å²) >= 11 is 0. The standard InChI is InChI=1S/C63H78N2O12/c1-57(2)51-50(69)52(70)61-44-24-35(23-34-7-5-4-6-8-34)9-10-37(44)11-14-41-15-12-40-31-73-47(26-43(46(68)30-67)38-13-16-42-39(25-38)19-22-65-33-64-28-45(42)65)49(40)62(41)58(3,63(61)53(75-63)54(71)76-62)20-18-48(61)60(51)32-74-56(72)59(55(60)77-57)21-17-36(27-59)29-66/h4-8,19,22,31,35-39,41-46,48,51-53,55,64,66-68,70H,9-10,12-13,15-18,20-21,23-30,32-33H2,1-3H3. The summed E-state index contributed by atoms with van der Waals surface area (Å²) in [6, 6.07) is 11.0. The Kier molecular flexibility index (Phi) is 11.0. The fraction of sp³-hybridized carbons (Fsp3) is 0.730. The molecule has 15 rings (SSSR count). The molecule has 14 heteroatoms. The highest BCUT2D eigenvalue weighted by Gasteiger charge is 2.96. The maximum absolute atomic E-state index is 16.5. The minimum Gasteiger partial charge on any atom is -0.469 e. The number of ketones is 1. The molecule has 4 bridgehead atoms. The number of aryl methyl sites for hydroxylation is 1. The number of esters is 2. The number of hydrogen-bond acceptors (Lipinski definition) is 14. The largest absolute Gasteiger partial charge is 0.469 e. The number of ether oxygens (including phenoxy) is 4. The number of carbonyl (C=O) groups is 3. The molecular formula is C63H78N2O12. The first-order valence-electron chi connectivity index (χ1n) is 29.8. The first-order valence-corrected chi connectivity index (χ1v) is 29.8. The number of rotatable bonds is 8. The van der Waals surface area contributed by atoms with Crippen molar-refractivity contribution in [2.45, 2.75) is 164 Å². The third kappa shape index (κ3) is 6.16. The van der Waals surface area contributed by atoms with Crippen molar-refractivity contribution in [1.29, 1.82) is 0 Å². The number of nitrogens with zero attached hydrogens (tertiary/aromatic N) is 1. The maximum Gasteiger partial charge on any atom is 0.339 e. The van der Waals surface area contributed by atoms with Crippen LogP contribution in [0.1, 0.15) is 120 Å². The quantitative estimate of drug-likeness (QED) is 0.121. The molecule has 7 aliphatic carbocycles. The highest BCUT2D eigenvalue weighted by Crippen LogP contribution is 2.86. The van der Waals surface area contributed by atoms with Crippen molar-refractivity contribution in [3.63, 3.8) is 0 Å². The minimum absolute atomic E-state index is 0.0633. The predicted octanol–water partition coefficient (Wildman–Crippen LogP) is 5.79. The fourth-order valence-electron chi connectivity index (χ4n) is 21.9. The molecule has 0 amide bonds. The van der Waals surface area contributed by atoms with Crippen LogP contribution in [0.15, 0.2) is 53.3 Å². The lowest BCUT2D eigenvalue weighted by molar-refractivity contribution is -0.307. The molecule has 7 heterocycles. The van der Waals surface area contributed by atoms with E-state index < -0.39 is 99.1 Å². The summed E-state index contributed by atoms with van der Waals surface area (Å²) in [6.07, 6.45) is 11.8. The fourth-order valence-corrected chi connectivity index (χ4v) is 21.9.